The molecule has 3 fully saturated rings. The number of rotatable bonds is 0. The molecule has 74 valence electrons. The van der Waals surface area contributed by atoms with Crippen molar-refractivity contribution in [2.24, 2.45) is 23.7 Å². The first kappa shape index (κ1) is 8.28. The predicted molar refractivity (Wildman–Crippen MR) is 54.5 cm³/mol. The molecular formula is C12H21N. The molecular weight excluding hydrogens is 158 g/mol. The zero-order valence-corrected chi connectivity index (χ0v) is 8.87. The molecule has 3 unspecified atom stereocenters. The van der Waals surface area contributed by atoms with E-state index in [9.17, 15) is 0 Å². The Labute approximate surface area is 81.5 Å². The van der Waals surface area contributed by atoms with E-state index in [1.54, 1.807) is 19.3 Å². The maximum absolute atomic E-state index is 2.59. The SMILES string of the molecule is CC1[C@H]2CC3CCCC3[C@H]2CN1C. The van der Waals surface area contributed by atoms with Crippen LogP contribution in [-0.2, 0) is 0 Å². The van der Waals surface area contributed by atoms with Crippen molar-refractivity contribution in [3.05, 3.63) is 0 Å². The molecule has 0 N–H and O–H groups in total. The third-order valence-corrected chi connectivity index (χ3v) is 5.21. The van der Waals surface area contributed by atoms with E-state index >= 15 is 0 Å². The second kappa shape index (κ2) is 2.73. The highest BCUT2D eigenvalue weighted by atomic mass is 15.2. The van der Waals surface area contributed by atoms with Gasteiger partial charge in [-0.15, -0.1) is 0 Å². The van der Waals surface area contributed by atoms with Crippen LogP contribution in [-0.4, -0.2) is 24.5 Å². The third-order valence-electron chi connectivity index (χ3n) is 5.21. The Morgan fingerprint density at radius 2 is 1.92 bits per heavy atom. The van der Waals surface area contributed by atoms with Crippen molar-refractivity contribution in [1.82, 2.24) is 4.90 Å². The second-order valence-electron chi connectivity index (χ2n) is 5.60. The van der Waals surface area contributed by atoms with Gasteiger partial charge in [-0.3, -0.25) is 0 Å². The van der Waals surface area contributed by atoms with Crippen LogP contribution in [0.3, 0.4) is 0 Å². The number of hydrogen-bond donors (Lipinski definition) is 0. The smallest absolute Gasteiger partial charge is 0.00955 e. The molecule has 0 bridgehead atoms. The van der Waals surface area contributed by atoms with E-state index in [4.69, 9.17) is 0 Å². The van der Waals surface area contributed by atoms with Crippen LogP contribution < -0.4 is 0 Å². The number of fused-ring (bicyclic) bond motifs is 3. The van der Waals surface area contributed by atoms with Crippen LogP contribution >= 0.6 is 0 Å². The minimum Gasteiger partial charge on any atom is -0.303 e. The minimum atomic E-state index is 0.871. The number of hydrogen-bond acceptors (Lipinski definition) is 1. The van der Waals surface area contributed by atoms with Crippen LogP contribution in [0.4, 0.5) is 0 Å². The van der Waals surface area contributed by atoms with Crippen molar-refractivity contribution < 1.29 is 0 Å². The van der Waals surface area contributed by atoms with Gasteiger partial charge in [-0.25, -0.2) is 0 Å². The maximum Gasteiger partial charge on any atom is 0.00955 e. The molecule has 0 radical (unpaired) electrons. The molecule has 2 aliphatic carbocycles. The van der Waals surface area contributed by atoms with E-state index in [0.717, 1.165) is 29.7 Å². The van der Waals surface area contributed by atoms with Crippen molar-refractivity contribution in [2.75, 3.05) is 13.6 Å². The van der Waals surface area contributed by atoms with Gasteiger partial charge in [-0.05, 0) is 50.5 Å². The van der Waals surface area contributed by atoms with E-state index in [0.29, 0.717) is 0 Å². The monoisotopic (exact) mass is 179 g/mol. The Morgan fingerprint density at radius 1 is 1.08 bits per heavy atom. The van der Waals surface area contributed by atoms with E-state index in [2.05, 4.69) is 18.9 Å². The van der Waals surface area contributed by atoms with Crippen molar-refractivity contribution in [2.45, 2.75) is 38.6 Å². The van der Waals surface area contributed by atoms with E-state index in [1.807, 2.05) is 0 Å². The van der Waals surface area contributed by atoms with Crippen LogP contribution in [0.1, 0.15) is 32.6 Å². The third kappa shape index (κ3) is 1.03. The molecule has 3 aliphatic rings. The zero-order valence-electron chi connectivity index (χ0n) is 8.87. The summed E-state index contributed by atoms with van der Waals surface area (Å²) in [6.07, 6.45) is 6.18. The Kier molecular flexibility index (Phi) is 1.74. The van der Waals surface area contributed by atoms with Gasteiger partial charge in [0.25, 0.3) is 0 Å². The lowest BCUT2D eigenvalue weighted by Crippen LogP contribution is -2.26. The van der Waals surface area contributed by atoms with Gasteiger partial charge in [-0.1, -0.05) is 12.8 Å². The average molecular weight is 179 g/mol. The molecule has 0 aromatic carbocycles. The van der Waals surface area contributed by atoms with Gasteiger partial charge >= 0.3 is 0 Å². The Balaban J connectivity index is 1.83. The quantitative estimate of drug-likeness (QED) is 0.552. The normalized spacial score (nSPS) is 55.4. The summed E-state index contributed by atoms with van der Waals surface area (Å²) < 4.78 is 0. The van der Waals surface area contributed by atoms with E-state index in [1.165, 1.54) is 13.0 Å². The Bertz CT molecular complexity index is 213. The van der Waals surface area contributed by atoms with Crippen molar-refractivity contribution in [3.63, 3.8) is 0 Å². The van der Waals surface area contributed by atoms with Crippen LogP contribution in [0.15, 0.2) is 0 Å². The molecule has 0 aromatic heterocycles. The largest absolute Gasteiger partial charge is 0.303 e. The molecule has 13 heavy (non-hydrogen) atoms. The van der Waals surface area contributed by atoms with Gasteiger partial charge in [0, 0.05) is 12.6 Å². The molecule has 5 atom stereocenters. The topological polar surface area (TPSA) is 3.24 Å². The number of nitrogens with zero attached hydrogens (tertiary/aromatic N) is 1. The lowest BCUT2D eigenvalue weighted by atomic mass is 9.88. The van der Waals surface area contributed by atoms with Crippen LogP contribution in [0.25, 0.3) is 0 Å². The summed E-state index contributed by atoms with van der Waals surface area (Å²) in [6, 6.07) is 0.871. The highest BCUT2D eigenvalue weighted by molar-refractivity contribution is 5.02. The van der Waals surface area contributed by atoms with Gasteiger partial charge < -0.3 is 4.90 Å². The molecule has 3 rings (SSSR count). The van der Waals surface area contributed by atoms with Crippen molar-refractivity contribution in [1.29, 1.82) is 0 Å². The van der Waals surface area contributed by atoms with E-state index < -0.39 is 0 Å². The summed E-state index contributed by atoms with van der Waals surface area (Å²) >= 11 is 0. The minimum absolute atomic E-state index is 0.871. The molecule has 0 amide bonds. The molecule has 0 aromatic rings. The molecule has 1 heterocycles. The summed E-state index contributed by atoms with van der Waals surface area (Å²) in [4.78, 5) is 2.59. The van der Waals surface area contributed by atoms with E-state index in [-0.39, 0.29) is 0 Å². The molecule has 0 spiro atoms. The highest BCUT2D eigenvalue weighted by Crippen LogP contribution is 2.54. The second-order valence-corrected chi connectivity index (χ2v) is 5.60. The van der Waals surface area contributed by atoms with Gasteiger partial charge in [0.1, 0.15) is 0 Å². The summed E-state index contributed by atoms with van der Waals surface area (Å²) in [7, 11) is 2.31. The predicted octanol–water partition coefficient (Wildman–Crippen LogP) is 2.37. The number of likely N-dealkylation sites (tertiary alicyclic amines) is 1. The first-order chi connectivity index (χ1) is 6.27. The van der Waals surface area contributed by atoms with Crippen molar-refractivity contribution in [3.8, 4) is 0 Å². The van der Waals surface area contributed by atoms with Crippen molar-refractivity contribution >= 4 is 0 Å². The molecule has 1 aliphatic heterocycles. The summed E-state index contributed by atoms with van der Waals surface area (Å²) in [5.74, 6) is 4.39. The summed E-state index contributed by atoms with van der Waals surface area (Å²) in [5.41, 5.74) is 0. The fourth-order valence-corrected chi connectivity index (χ4v) is 4.41. The summed E-state index contributed by atoms with van der Waals surface area (Å²) in [6.45, 7) is 3.83. The lowest BCUT2D eigenvalue weighted by Gasteiger charge is -2.20. The first-order valence-corrected chi connectivity index (χ1v) is 5.97. The molecule has 1 saturated heterocycles. The van der Waals surface area contributed by atoms with Crippen LogP contribution in [0.2, 0.25) is 0 Å². The highest BCUT2D eigenvalue weighted by Gasteiger charge is 2.51. The molecule has 2 saturated carbocycles. The van der Waals surface area contributed by atoms with Gasteiger partial charge in [0.2, 0.25) is 0 Å². The summed E-state index contributed by atoms with van der Waals surface area (Å²) in [5, 5.41) is 0. The zero-order chi connectivity index (χ0) is 9.00. The first-order valence-electron chi connectivity index (χ1n) is 5.97. The maximum atomic E-state index is 2.59. The van der Waals surface area contributed by atoms with Gasteiger partial charge in [0.05, 0.1) is 0 Å². The fraction of sp³-hybridized carbons (Fsp3) is 1.00. The average Bonchev–Trinajstić information content (AvgIpc) is 2.70. The van der Waals surface area contributed by atoms with Crippen LogP contribution in [0.5, 0.6) is 0 Å². The van der Waals surface area contributed by atoms with Gasteiger partial charge in [0.15, 0.2) is 0 Å². The molecule has 1 heteroatoms. The standard InChI is InChI=1S/C12H21N/c1-8-11-6-9-4-3-5-10(9)12(11)7-13(8)2/h8-12H,3-7H2,1-2H3/t8?,9?,10?,11-,12-/m1/s1. The van der Waals surface area contributed by atoms with Crippen LogP contribution in [0, 0.1) is 23.7 Å². The Hall–Kier alpha value is -0.0400. The Morgan fingerprint density at radius 3 is 2.77 bits per heavy atom. The fourth-order valence-electron chi connectivity index (χ4n) is 4.41. The van der Waals surface area contributed by atoms with Gasteiger partial charge in [-0.2, -0.15) is 0 Å². The molecule has 1 nitrogen and oxygen atoms in total. The lowest BCUT2D eigenvalue weighted by molar-refractivity contribution is 0.264.